The van der Waals surface area contributed by atoms with Crippen molar-refractivity contribution in [1.82, 2.24) is 24.6 Å². The molecule has 1 atom stereocenters. The third-order valence-electron chi connectivity index (χ3n) is 5.87. The van der Waals surface area contributed by atoms with Gasteiger partial charge in [-0.2, -0.15) is 0 Å². The number of carbonyl (C=O) groups is 1. The van der Waals surface area contributed by atoms with Crippen molar-refractivity contribution in [1.29, 1.82) is 0 Å². The average Bonchev–Trinajstić information content (AvgIpc) is 3.10. The fourth-order valence-electron chi connectivity index (χ4n) is 4.32. The van der Waals surface area contributed by atoms with Crippen LogP contribution in [0.5, 0.6) is 5.75 Å². The topological polar surface area (TPSA) is 63.5 Å². The first-order valence-electron chi connectivity index (χ1n) is 10.1. The fourth-order valence-corrected chi connectivity index (χ4v) is 4.32. The number of piperidine rings is 1. The summed E-state index contributed by atoms with van der Waals surface area (Å²) < 4.78 is 8.07. The van der Waals surface area contributed by atoms with Crippen LogP contribution in [-0.2, 0) is 17.9 Å². The summed E-state index contributed by atoms with van der Waals surface area (Å²) in [6.07, 6.45) is 2.36. The Morgan fingerprint density at radius 1 is 1.18 bits per heavy atom. The maximum atomic E-state index is 12.7. The molecule has 0 saturated carbocycles. The number of hydrogen-bond acceptors (Lipinski definition) is 5. The highest BCUT2D eigenvalue weighted by atomic mass is 16.5. The van der Waals surface area contributed by atoms with Crippen LogP contribution in [0, 0.1) is 13.8 Å². The molecule has 0 spiro atoms. The number of hydrogen-bond donors (Lipinski definition) is 0. The van der Waals surface area contributed by atoms with E-state index < -0.39 is 0 Å². The monoisotopic (exact) mass is 383 g/mol. The molecule has 7 heteroatoms. The van der Waals surface area contributed by atoms with Crippen molar-refractivity contribution in [3.05, 3.63) is 41.0 Å². The molecule has 3 heterocycles. The Morgan fingerprint density at radius 3 is 2.71 bits per heavy atom. The number of aromatic nitrogens is 3. The number of likely N-dealkylation sites (N-methyl/N-ethyl adjacent to an activating group) is 1. The molecule has 0 radical (unpaired) electrons. The van der Waals surface area contributed by atoms with Crippen molar-refractivity contribution in [2.45, 2.75) is 45.7 Å². The molecule has 2 aliphatic rings. The highest BCUT2D eigenvalue weighted by molar-refractivity contribution is 5.78. The summed E-state index contributed by atoms with van der Waals surface area (Å²) in [4.78, 5) is 16.9. The second-order valence-electron chi connectivity index (χ2n) is 8.05. The summed E-state index contributed by atoms with van der Waals surface area (Å²) in [7, 11) is 2.16. The minimum Gasteiger partial charge on any atom is -0.483 e. The van der Waals surface area contributed by atoms with Crippen LogP contribution < -0.4 is 4.74 Å². The second kappa shape index (κ2) is 7.91. The Hall–Kier alpha value is -2.41. The van der Waals surface area contributed by atoms with E-state index in [1.807, 2.05) is 36.9 Å². The van der Waals surface area contributed by atoms with Gasteiger partial charge >= 0.3 is 0 Å². The summed E-state index contributed by atoms with van der Waals surface area (Å²) >= 11 is 0. The number of ether oxygens (including phenoxy) is 1. The van der Waals surface area contributed by atoms with Crippen molar-refractivity contribution in [3.8, 4) is 5.75 Å². The predicted molar refractivity (Wildman–Crippen MR) is 106 cm³/mol. The summed E-state index contributed by atoms with van der Waals surface area (Å²) in [5.41, 5.74) is 2.10. The molecule has 1 fully saturated rings. The minimum absolute atomic E-state index is 0.00384. The Labute approximate surface area is 166 Å². The highest BCUT2D eigenvalue weighted by Crippen LogP contribution is 2.27. The molecule has 150 valence electrons. The number of benzene rings is 1. The lowest BCUT2D eigenvalue weighted by Gasteiger charge is -2.32. The van der Waals surface area contributed by atoms with Gasteiger partial charge in [0.25, 0.3) is 5.91 Å². The van der Waals surface area contributed by atoms with Gasteiger partial charge < -0.3 is 19.1 Å². The Bertz CT molecular complexity index is 842. The lowest BCUT2D eigenvalue weighted by molar-refractivity contribution is -0.134. The van der Waals surface area contributed by atoms with Gasteiger partial charge in [-0.15, -0.1) is 10.2 Å². The minimum atomic E-state index is -0.00384. The van der Waals surface area contributed by atoms with E-state index in [1.54, 1.807) is 0 Å². The van der Waals surface area contributed by atoms with Gasteiger partial charge in [-0.05, 0) is 51.4 Å². The summed E-state index contributed by atoms with van der Waals surface area (Å²) in [6, 6.07) is 6.00. The van der Waals surface area contributed by atoms with E-state index in [1.165, 1.54) is 6.42 Å². The number of nitrogens with zero attached hydrogens (tertiary/aromatic N) is 5. The normalized spacial score (nSPS) is 20.1. The molecule has 2 aromatic rings. The molecular weight excluding hydrogens is 354 g/mol. The lowest BCUT2D eigenvalue weighted by Crippen LogP contribution is -2.41. The van der Waals surface area contributed by atoms with Gasteiger partial charge in [-0.25, -0.2) is 0 Å². The molecule has 2 aliphatic heterocycles. The van der Waals surface area contributed by atoms with Gasteiger partial charge in [0.2, 0.25) is 0 Å². The lowest BCUT2D eigenvalue weighted by atomic mass is 9.97. The summed E-state index contributed by atoms with van der Waals surface area (Å²) in [5.74, 6) is 3.21. The Balaban J connectivity index is 1.39. The van der Waals surface area contributed by atoms with E-state index in [0.717, 1.165) is 54.6 Å². The third-order valence-corrected chi connectivity index (χ3v) is 5.87. The quantitative estimate of drug-likeness (QED) is 0.809. The number of likely N-dealkylation sites (tertiary alicyclic amines) is 1. The molecule has 0 bridgehead atoms. The number of aryl methyl sites for hydroxylation is 2. The number of para-hydroxylation sites is 1. The maximum Gasteiger partial charge on any atom is 0.260 e. The van der Waals surface area contributed by atoms with Crippen molar-refractivity contribution < 1.29 is 9.53 Å². The summed E-state index contributed by atoms with van der Waals surface area (Å²) in [6.45, 7) is 8.18. The van der Waals surface area contributed by atoms with E-state index in [2.05, 4.69) is 26.7 Å². The van der Waals surface area contributed by atoms with E-state index in [0.29, 0.717) is 19.0 Å². The molecule has 1 saturated heterocycles. The molecule has 4 rings (SSSR count). The van der Waals surface area contributed by atoms with Crippen LogP contribution in [0.3, 0.4) is 0 Å². The first kappa shape index (κ1) is 18.9. The number of rotatable bonds is 4. The number of amides is 1. The van der Waals surface area contributed by atoms with E-state index in [4.69, 9.17) is 4.74 Å². The first-order chi connectivity index (χ1) is 13.5. The largest absolute Gasteiger partial charge is 0.483 e. The first-order valence-corrected chi connectivity index (χ1v) is 10.1. The van der Waals surface area contributed by atoms with E-state index in [9.17, 15) is 4.79 Å². The average molecular weight is 383 g/mol. The van der Waals surface area contributed by atoms with Gasteiger partial charge in [-0.1, -0.05) is 18.2 Å². The fraction of sp³-hybridized carbons (Fsp3) is 0.571. The maximum absolute atomic E-state index is 12.7. The number of fused-ring (bicyclic) bond motifs is 1. The van der Waals surface area contributed by atoms with Crippen LogP contribution in [0.15, 0.2) is 18.2 Å². The standard InChI is InChI=1S/C21H29N5O2/c1-15-6-4-7-16(2)20(15)28-14-19(27)25-10-11-26-18(13-25)22-23-21(26)17-8-5-9-24(3)12-17/h4,6-7,17H,5,8-14H2,1-3H3/t17-/m0/s1. The second-order valence-corrected chi connectivity index (χ2v) is 8.05. The highest BCUT2D eigenvalue weighted by Gasteiger charge is 2.29. The van der Waals surface area contributed by atoms with Crippen molar-refractivity contribution in [3.63, 3.8) is 0 Å². The van der Waals surface area contributed by atoms with Crippen LogP contribution in [0.25, 0.3) is 0 Å². The smallest absolute Gasteiger partial charge is 0.260 e. The third kappa shape index (κ3) is 3.76. The van der Waals surface area contributed by atoms with Gasteiger partial charge in [0.05, 0.1) is 6.54 Å². The molecule has 0 aliphatic carbocycles. The van der Waals surface area contributed by atoms with Crippen molar-refractivity contribution >= 4 is 5.91 Å². The van der Waals surface area contributed by atoms with Crippen LogP contribution in [-0.4, -0.2) is 63.8 Å². The van der Waals surface area contributed by atoms with Crippen LogP contribution >= 0.6 is 0 Å². The Kier molecular flexibility index (Phi) is 5.35. The molecule has 1 aromatic heterocycles. The van der Waals surface area contributed by atoms with E-state index >= 15 is 0 Å². The summed E-state index contributed by atoms with van der Waals surface area (Å²) in [5, 5.41) is 8.88. The molecule has 1 aromatic carbocycles. The van der Waals surface area contributed by atoms with E-state index in [-0.39, 0.29) is 12.5 Å². The molecule has 28 heavy (non-hydrogen) atoms. The van der Waals surface area contributed by atoms with Gasteiger partial charge in [0, 0.05) is 25.6 Å². The van der Waals surface area contributed by atoms with Crippen molar-refractivity contribution in [2.75, 3.05) is 33.3 Å². The van der Waals surface area contributed by atoms with Crippen molar-refractivity contribution in [2.24, 2.45) is 0 Å². The van der Waals surface area contributed by atoms with Crippen LogP contribution in [0.2, 0.25) is 0 Å². The number of carbonyl (C=O) groups excluding carboxylic acids is 1. The predicted octanol–water partition coefficient (Wildman–Crippen LogP) is 2.13. The van der Waals surface area contributed by atoms with Crippen LogP contribution in [0.4, 0.5) is 0 Å². The molecule has 0 N–H and O–H groups in total. The molecular formula is C21H29N5O2. The van der Waals surface area contributed by atoms with Crippen LogP contribution in [0.1, 0.15) is 41.5 Å². The van der Waals surface area contributed by atoms with Gasteiger partial charge in [-0.3, -0.25) is 4.79 Å². The zero-order valence-corrected chi connectivity index (χ0v) is 17.0. The zero-order valence-electron chi connectivity index (χ0n) is 17.0. The molecule has 7 nitrogen and oxygen atoms in total. The zero-order chi connectivity index (χ0) is 19.7. The van der Waals surface area contributed by atoms with Gasteiger partial charge in [0.1, 0.15) is 11.6 Å². The molecule has 0 unspecified atom stereocenters. The van der Waals surface area contributed by atoms with Gasteiger partial charge in [0.15, 0.2) is 12.4 Å². The molecule has 1 amide bonds. The Morgan fingerprint density at radius 2 is 1.96 bits per heavy atom. The SMILES string of the molecule is Cc1cccc(C)c1OCC(=O)N1CCn2c(nnc2[C@H]2CCCN(C)C2)C1.